The molecule has 1 aromatic rings. The van der Waals surface area contributed by atoms with Crippen molar-refractivity contribution in [2.45, 2.75) is 52.1 Å². The lowest BCUT2D eigenvalue weighted by atomic mass is 10.0. The molecule has 0 atom stereocenters. The summed E-state index contributed by atoms with van der Waals surface area (Å²) in [4.78, 5) is 6.95. The molecule has 2 rings (SSSR count). The number of piperidine rings is 1. The molecule has 112 valence electrons. The van der Waals surface area contributed by atoms with Gasteiger partial charge < -0.3 is 15.3 Å². The number of hydrogen-bond donors (Lipinski definition) is 2. The van der Waals surface area contributed by atoms with Crippen LogP contribution < -0.4 is 5.32 Å². The summed E-state index contributed by atoms with van der Waals surface area (Å²) in [5.41, 5.74) is 1.72. The molecular formula is C16H27N3O. The average Bonchev–Trinajstić information content (AvgIpc) is 2.47. The summed E-state index contributed by atoms with van der Waals surface area (Å²) >= 11 is 0. The summed E-state index contributed by atoms with van der Waals surface area (Å²) in [5.74, 6) is 0.295. The van der Waals surface area contributed by atoms with Crippen molar-refractivity contribution in [1.29, 1.82) is 0 Å². The zero-order valence-corrected chi connectivity index (χ0v) is 12.7. The van der Waals surface area contributed by atoms with Gasteiger partial charge in [-0.15, -0.1) is 0 Å². The van der Waals surface area contributed by atoms with Gasteiger partial charge >= 0.3 is 0 Å². The Morgan fingerprint density at radius 3 is 2.80 bits per heavy atom. The molecule has 1 aliphatic heterocycles. The molecule has 1 aliphatic rings. The number of pyridine rings is 1. The van der Waals surface area contributed by atoms with Gasteiger partial charge in [-0.25, -0.2) is 0 Å². The second-order valence-electron chi connectivity index (χ2n) is 5.77. The molecule has 0 aromatic carbocycles. The van der Waals surface area contributed by atoms with Gasteiger partial charge in [-0.2, -0.15) is 0 Å². The van der Waals surface area contributed by atoms with Crippen LogP contribution in [0.25, 0.3) is 0 Å². The van der Waals surface area contributed by atoms with E-state index in [2.05, 4.69) is 22.1 Å². The van der Waals surface area contributed by atoms with Crippen LogP contribution in [0.5, 0.6) is 5.75 Å². The van der Waals surface area contributed by atoms with Crippen molar-refractivity contribution >= 4 is 0 Å². The number of aromatic hydroxyl groups is 1. The van der Waals surface area contributed by atoms with Gasteiger partial charge in [0.05, 0.1) is 5.69 Å². The third kappa shape index (κ3) is 4.46. The third-order valence-electron chi connectivity index (χ3n) is 4.06. The van der Waals surface area contributed by atoms with Gasteiger partial charge in [0.15, 0.2) is 0 Å². The van der Waals surface area contributed by atoms with E-state index in [1.54, 1.807) is 6.07 Å². The van der Waals surface area contributed by atoms with Crippen LogP contribution >= 0.6 is 0 Å². The fraction of sp³-hybridized carbons (Fsp3) is 0.688. The molecule has 0 radical (unpaired) electrons. The van der Waals surface area contributed by atoms with Crippen molar-refractivity contribution in [3.63, 3.8) is 0 Å². The number of likely N-dealkylation sites (tertiary alicyclic amines) is 1. The fourth-order valence-corrected chi connectivity index (χ4v) is 2.72. The molecule has 1 fully saturated rings. The van der Waals surface area contributed by atoms with Crippen LogP contribution in [0, 0.1) is 6.92 Å². The normalized spacial score (nSPS) is 17.5. The third-order valence-corrected chi connectivity index (χ3v) is 4.06. The van der Waals surface area contributed by atoms with E-state index in [0.29, 0.717) is 18.3 Å². The lowest BCUT2D eigenvalue weighted by Crippen LogP contribution is -2.42. The van der Waals surface area contributed by atoms with Crippen molar-refractivity contribution in [3.05, 3.63) is 23.5 Å². The molecule has 0 spiro atoms. The zero-order chi connectivity index (χ0) is 14.4. The average molecular weight is 277 g/mol. The minimum absolute atomic E-state index is 0.295. The number of aryl methyl sites for hydroxylation is 1. The van der Waals surface area contributed by atoms with Crippen molar-refractivity contribution in [1.82, 2.24) is 15.2 Å². The number of aromatic nitrogens is 1. The molecule has 0 aliphatic carbocycles. The summed E-state index contributed by atoms with van der Waals surface area (Å²) in [7, 11) is 0. The number of rotatable bonds is 6. The standard InChI is InChI=1S/C16H27N3O/c1-3-4-9-19-10-7-14(8-11-19)17-12-15-16(20)6-5-13(2)18-15/h5-6,14,17,20H,3-4,7-12H2,1-2H3. The molecule has 4 heteroatoms. The molecule has 2 N–H and O–H groups in total. The van der Waals surface area contributed by atoms with E-state index < -0.39 is 0 Å². The van der Waals surface area contributed by atoms with Crippen LogP contribution in [0.15, 0.2) is 12.1 Å². The van der Waals surface area contributed by atoms with Crippen LogP contribution in [-0.4, -0.2) is 40.7 Å². The van der Waals surface area contributed by atoms with E-state index in [1.165, 1.54) is 45.3 Å². The maximum absolute atomic E-state index is 9.79. The van der Waals surface area contributed by atoms with E-state index in [0.717, 1.165) is 11.4 Å². The van der Waals surface area contributed by atoms with Crippen molar-refractivity contribution in [2.24, 2.45) is 0 Å². The maximum atomic E-state index is 9.79. The molecule has 4 nitrogen and oxygen atoms in total. The Morgan fingerprint density at radius 2 is 2.10 bits per heavy atom. The molecular weight excluding hydrogens is 250 g/mol. The van der Waals surface area contributed by atoms with Crippen LogP contribution in [0.2, 0.25) is 0 Å². The van der Waals surface area contributed by atoms with Crippen LogP contribution in [0.4, 0.5) is 0 Å². The summed E-state index contributed by atoms with van der Waals surface area (Å²) in [5, 5.41) is 13.3. The highest BCUT2D eigenvalue weighted by Gasteiger charge is 2.18. The van der Waals surface area contributed by atoms with Gasteiger partial charge in [-0.05, 0) is 58.0 Å². The molecule has 1 aromatic heterocycles. The maximum Gasteiger partial charge on any atom is 0.138 e. The van der Waals surface area contributed by atoms with Crippen molar-refractivity contribution in [3.8, 4) is 5.75 Å². The van der Waals surface area contributed by atoms with Gasteiger partial charge in [0.25, 0.3) is 0 Å². The summed E-state index contributed by atoms with van der Waals surface area (Å²) < 4.78 is 0. The van der Waals surface area contributed by atoms with Crippen LogP contribution in [0.1, 0.15) is 44.0 Å². The number of hydrogen-bond acceptors (Lipinski definition) is 4. The van der Waals surface area contributed by atoms with Crippen molar-refractivity contribution < 1.29 is 5.11 Å². The fourth-order valence-electron chi connectivity index (χ4n) is 2.72. The second kappa shape index (κ2) is 7.60. The number of nitrogens with zero attached hydrogens (tertiary/aromatic N) is 2. The highest BCUT2D eigenvalue weighted by atomic mass is 16.3. The van der Waals surface area contributed by atoms with E-state index >= 15 is 0 Å². The molecule has 0 saturated carbocycles. The summed E-state index contributed by atoms with van der Waals surface area (Å²) in [6.45, 7) is 8.47. The predicted molar refractivity (Wildman–Crippen MR) is 81.8 cm³/mol. The van der Waals surface area contributed by atoms with E-state index in [1.807, 2.05) is 13.0 Å². The van der Waals surface area contributed by atoms with Gasteiger partial charge in [0, 0.05) is 18.3 Å². The Balaban J connectivity index is 1.74. The van der Waals surface area contributed by atoms with Crippen LogP contribution in [-0.2, 0) is 6.54 Å². The molecule has 0 bridgehead atoms. The molecule has 1 saturated heterocycles. The zero-order valence-electron chi connectivity index (χ0n) is 12.7. The molecule has 2 heterocycles. The Bertz CT molecular complexity index is 414. The minimum atomic E-state index is 0.295. The highest BCUT2D eigenvalue weighted by Crippen LogP contribution is 2.16. The Hall–Kier alpha value is -1.13. The first-order valence-corrected chi connectivity index (χ1v) is 7.80. The largest absolute Gasteiger partial charge is 0.506 e. The van der Waals surface area contributed by atoms with Gasteiger partial charge in [0.2, 0.25) is 0 Å². The smallest absolute Gasteiger partial charge is 0.138 e. The number of nitrogens with one attached hydrogen (secondary N) is 1. The molecule has 20 heavy (non-hydrogen) atoms. The van der Waals surface area contributed by atoms with E-state index in [-0.39, 0.29) is 0 Å². The quantitative estimate of drug-likeness (QED) is 0.838. The van der Waals surface area contributed by atoms with E-state index in [4.69, 9.17) is 0 Å². The first kappa shape index (κ1) is 15.3. The molecule has 0 unspecified atom stereocenters. The van der Waals surface area contributed by atoms with Gasteiger partial charge in [0.1, 0.15) is 5.75 Å². The topological polar surface area (TPSA) is 48.4 Å². The van der Waals surface area contributed by atoms with Crippen LogP contribution in [0.3, 0.4) is 0 Å². The predicted octanol–water partition coefficient (Wildman–Crippen LogP) is 2.45. The first-order valence-electron chi connectivity index (χ1n) is 7.80. The Kier molecular flexibility index (Phi) is 5.80. The van der Waals surface area contributed by atoms with Gasteiger partial charge in [-0.3, -0.25) is 4.98 Å². The lowest BCUT2D eigenvalue weighted by Gasteiger charge is -2.32. The number of unbranched alkanes of at least 4 members (excludes halogenated alkanes) is 1. The molecule has 0 amide bonds. The highest BCUT2D eigenvalue weighted by molar-refractivity contribution is 5.27. The Labute approximate surface area is 122 Å². The Morgan fingerprint density at radius 1 is 1.35 bits per heavy atom. The summed E-state index contributed by atoms with van der Waals surface area (Å²) in [6, 6.07) is 4.12. The van der Waals surface area contributed by atoms with E-state index in [9.17, 15) is 5.11 Å². The lowest BCUT2D eigenvalue weighted by molar-refractivity contribution is 0.194. The SMILES string of the molecule is CCCCN1CCC(NCc2nc(C)ccc2O)CC1. The van der Waals surface area contributed by atoms with Crippen molar-refractivity contribution in [2.75, 3.05) is 19.6 Å². The summed E-state index contributed by atoms with van der Waals surface area (Å²) in [6.07, 6.45) is 4.96. The first-order chi connectivity index (χ1) is 9.69. The monoisotopic (exact) mass is 277 g/mol. The van der Waals surface area contributed by atoms with Gasteiger partial charge in [-0.1, -0.05) is 13.3 Å². The second-order valence-corrected chi connectivity index (χ2v) is 5.77. The minimum Gasteiger partial charge on any atom is -0.506 e.